The maximum absolute atomic E-state index is 14.9. The van der Waals surface area contributed by atoms with Gasteiger partial charge in [-0.05, 0) is 51.7 Å². The Morgan fingerprint density at radius 2 is 1.62 bits per heavy atom. The molecule has 0 N–H and O–H groups in total. The molecule has 0 aliphatic carbocycles. The van der Waals surface area contributed by atoms with Crippen molar-refractivity contribution in [3.63, 3.8) is 0 Å². The van der Waals surface area contributed by atoms with Gasteiger partial charge in [-0.15, -0.1) is 0 Å². The minimum atomic E-state index is -3.37. The smallest absolute Gasteiger partial charge is 0.227 e. The first-order valence-corrected chi connectivity index (χ1v) is 15.8. The van der Waals surface area contributed by atoms with Crippen LogP contribution >= 0.6 is 0 Å². The van der Waals surface area contributed by atoms with Crippen LogP contribution in [0.3, 0.4) is 0 Å². The largest absolute Gasteiger partial charge is 0.340 e. The normalized spacial score (nSPS) is 23.2. The molecule has 0 spiro atoms. The molecule has 0 bridgehead atoms. The van der Waals surface area contributed by atoms with Crippen molar-refractivity contribution in [2.24, 2.45) is 11.3 Å². The van der Waals surface area contributed by atoms with Crippen LogP contribution < -0.4 is 0 Å². The Hall–Kier alpha value is -1.62. The van der Waals surface area contributed by atoms with E-state index in [0.717, 1.165) is 6.07 Å². The molecule has 2 heterocycles. The Morgan fingerprint density at radius 1 is 1.03 bits per heavy atom. The second kappa shape index (κ2) is 11.7. The van der Waals surface area contributed by atoms with Crippen LogP contribution in [0.1, 0.15) is 66.9 Å². The number of hydrogen-bond donors (Lipinski definition) is 0. The van der Waals surface area contributed by atoms with Gasteiger partial charge < -0.3 is 4.90 Å². The highest BCUT2D eigenvalue weighted by Gasteiger charge is 2.45. The maximum atomic E-state index is 14.9. The summed E-state index contributed by atoms with van der Waals surface area (Å²) in [7, 11) is -3.37. The molecule has 2 saturated heterocycles. The summed E-state index contributed by atoms with van der Waals surface area (Å²) in [4.78, 5) is 20.3. The molecule has 7 nitrogen and oxygen atoms in total. The van der Waals surface area contributed by atoms with Gasteiger partial charge in [-0.25, -0.2) is 17.2 Å². The molecule has 2 aliphatic rings. The van der Waals surface area contributed by atoms with Crippen LogP contribution in [0.25, 0.3) is 0 Å². The Balaban J connectivity index is 1.78. The van der Waals surface area contributed by atoms with Crippen molar-refractivity contribution in [2.45, 2.75) is 78.9 Å². The van der Waals surface area contributed by atoms with E-state index in [4.69, 9.17) is 0 Å². The molecule has 3 atom stereocenters. The molecular weight excluding hydrogens is 522 g/mol. The summed E-state index contributed by atoms with van der Waals surface area (Å²) < 4.78 is 55.1. The van der Waals surface area contributed by atoms with Crippen LogP contribution in [-0.4, -0.2) is 103 Å². The number of amides is 1. The van der Waals surface area contributed by atoms with Crippen LogP contribution in [0.2, 0.25) is 0 Å². The van der Waals surface area contributed by atoms with Crippen molar-refractivity contribution in [3.05, 3.63) is 35.4 Å². The summed E-state index contributed by atoms with van der Waals surface area (Å²) in [5, 5.41) is 0. The summed E-state index contributed by atoms with van der Waals surface area (Å²) in [6.07, 6.45) is 1.26. The molecule has 222 valence electrons. The van der Waals surface area contributed by atoms with Crippen molar-refractivity contribution in [2.75, 3.05) is 52.1 Å². The zero-order chi connectivity index (χ0) is 29.5. The van der Waals surface area contributed by atoms with Crippen LogP contribution in [0.15, 0.2) is 18.2 Å². The molecule has 0 saturated carbocycles. The molecule has 39 heavy (non-hydrogen) atoms. The van der Waals surface area contributed by atoms with E-state index in [9.17, 15) is 22.0 Å². The van der Waals surface area contributed by atoms with Gasteiger partial charge >= 0.3 is 0 Å². The number of nitrogens with zero attached hydrogens (tertiary/aromatic N) is 4. The van der Waals surface area contributed by atoms with Crippen molar-refractivity contribution < 1.29 is 22.0 Å². The number of halogens is 2. The lowest BCUT2D eigenvalue weighted by Crippen LogP contribution is -2.59. The zero-order valence-corrected chi connectivity index (χ0v) is 26.0. The monoisotopic (exact) mass is 570 g/mol. The third-order valence-electron chi connectivity index (χ3n) is 8.37. The van der Waals surface area contributed by atoms with Crippen LogP contribution in [0, 0.1) is 23.0 Å². The van der Waals surface area contributed by atoms with Crippen molar-refractivity contribution in [1.29, 1.82) is 0 Å². The van der Waals surface area contributed by atoms with E-state index in [-0.39, 0.29) is 34.9 Å². The minimum absolute atomic E-state index is 0.00220. The number of benzene rings is 1. The fourth-order valence-corrected chi connectivity index (χ4v) is 7.22. The number of rotatable bonds is 7. The molecular formula is C29H48F2N4O3S. The lowest BCUT2D eigenvalue weighted by atomic mass is 9.84. The molecule has 0 radical (unpaired) electrons. The topological polar surface area (TPSA) is 64.2 Å². The predicted octanol–water partition coefficient (Wildman–Crippen LogP) is 4.01. The maximum Gasteiger partial charge on any atom is 0.227 e. The molecule has 3 rings (SSSR count). The highest BCUT2D eigenvalue weighted by Crippen LogP contribution is 2.39. The highest BCUT2D eigenvalue weighted by atomic mass is 32.2. The fourth-order valence-electron chi connectivity index (χ4n) is 6.04. The third-order valence-corrected chi connectivity index (χ3v) is 9.79. The van der Waals surface area contributed by atoms with Crippen molar-refractivity contribution >= 4 is 15.9 Å². The zero-order valence-electron chi connectivity index (χ0n) is 25.2. The third kappa shape index (κ3) is 7.57. The second-order valence-electron chi connectivity index (χ2n) is 13.6. The highest BCUT2D eigenvalue weighted by molar-refractivity contribution is 7.88. The quantitative estimate of drug-likeness (QED) is 0.496. The van der Waals surface area contributed by atoms with E-state index in [1.165, 1.54) is 18.4 Å². The van der Waals surface area contributed by atoms with Gasteiger partial charge in [-0.3, -0.25) is 14.6 Å². The molecule has 1 aromatic rings. The Labute approximate surface area is 234 Å². The van der Waals surface area contributed by atoms with E-state index >= 15 is 0 Å². The molecule has 0 aromatic heterocycles. The molecule has 1 unspecified atom stereocenters. The van der Waals surface area contributed by atoms with E-state index in [1.54, 1.807) is 4.31 Å². The van der Waals surface area contributed by atoms with Crippen molar-refractivity contribution in [3.8, 4) is 0 Å². The van der Waals surface area contributed by atoms with Crippen LogP contribution in [0.4, 0.5) is 8.78 Å². The van der Waals surface area contributed by atoms with Crippen LogP contribution in [-0.2, 0) is 14.8 Å². The van der Waals surface area contributed by atoms with Gasteiger partial charge in [0, 0.05) is 75.4 Å². The number of sulfonamides is 1. The van der Waals surface area contributed by atoms with Gasteiger partial charge in [-0.1, -0.05) is 26.8 Å². The summed E-state index contributed by atoms with van der Waals surface area (Å²) in [5.74, 6) is -2.00. The first-order chi connectivity index (χ1) is 17.8. The summed E-state index contributed by atoms with van der Waals surface area (Å²) in [5.41, 5.74) is 0.0283. The Morgan fingerprint density at radius 3 is 2.08 bits per heavy atom. The predicted molar refractivity (Wildman–Crippen MR) is 152 cm³/mol. The van der Waals surface area contributed by atoms with Gasteiger partial charge in [-0.2, -0.15) is 4.31 Å². The van der Waals surface area contributed by atoms with Crippen molar-refractivity contribution in [1.82, 2.24) is 19.0 Å². The molecule has 1 amide bonds. The first kappa shape index (κ1) is 31.9. The molecule has 10 heteroatoms. The van der Waals surface area contributed by atoms with Gasteiger partial charge in [0.2, 0.25) is 15.9 Å². The Kier molecular flexibility index (Phi) is 9.57. The van der Waals surface area contributed by atoms with Gasteiger partial charge in [0.1, 0.15) is 11.6 Å². The lowest BCUT2D eigenvalue weighted by molar-refractivity contribution is -0.138. The second-order valence-corrected chi connectivity index (χ2v) is 15.6. The van der Waals surface area contributed by atoms with Gasteiger partial charge in [0.05, 0.1) is 12.2 Å². The summed E-state index contributed by atoms with van der Waals surface area (Å²) in [6.45, 7) is 20.2. The number of piperazine rings is 1. The van der Waals surface area contributed by atoms with Gasteiger partial charge in [0.25, 0.3) is 0 Å². The Bertz CT molecular complexity index is 1120. The van der Waals surface area contributed by atoms with E-state index in [2.05, 4.69) is 51.3 Å². The minimum Gasteiger partial charge on any atom is -0.340 e. The SMILES string of the molecule is CC(C)N(CC(N1CCN(C(=O)[C@@H]2CN(C(C)(C)C)C[C@H]2c2ccc(F)cc2F)CC1)C(C)(C)C)S(C)(=O)=O. The van der Waals surface area contributed by atoms with E-state index in [0.29, 0.717) is 51.4 Å². The van der Waals surface area contributed by atoms with E-state index < -0.39 is 27.6 Å². The average Bonchev–Trinajstić information content (AvgIpc) is 3.23. The summed E-state index contributed by atoms with van der Waals surface area (Å²) >= 11 is 0. The number of carbonyl (C=O) groups excluding carboxylic acids is 1. The number of carbonyl (C=O) groups is 1. The van der Waals surface area contributed by atoms with Crippen LogP contribution in [0.5, 0.6) is 0 Å². The fraction of sp³-hybridized carbons (Fsp3) is 0.759. The first-order valence-electron chi connectivity index (χ1n) is 14.0. The molecule has 2 fully saturated rings. The number of likely N-dealkylation sites (tertiary alicyclic amines) is 1. The standard InChI is InChI=1S/C29H48F2N4O3S/c1-20(2)35(39(9,37)38)19-26(28(3,4)5)32-12-14-33(15-13-32)27(36)24-18-34(29(6,7)8)17-23(24)22-11-10-21(30)16-25(22)31/h10-11,16,20,23-24,26H,12-15,17-19H2,1-9H3/t23-,24+,26?/m0/s1. The summed E-state index contributed by atoms with van der Waals surface area (Å²) in [6, 6.07) is 3.48. The molecule has 1 aromatic carbocycles. The lowest BCUT2D eigenvalue weighted by Gasteiger charge is -2.46. The molecule has 2 aliphatic heterocycles. The average molecular weight is 571 g/mol. The van der Waals surface area contributed by atoms with Gasteiger partial charge in [0.15, 0.2) is 0 Å². The number of hydrogen-bond acceptors (Lipinski definition) is 5. The van der Waals surface area contributed by atoms with E-state index in [1.807, 2.05) is 18.7 Å².